The second-order valence-electron chi connectivity index (χ2n) is 6.25. The molecule has 2 atom stereocenters. The van der Waals surface area contributed by atoms with Gasteiger partial charge in [-0.25, -0.2) is 18.2 Å². The van der Waals surface area contributed by atoms with Gasteiger partial charge in [-0.15, -0.1) is 0 Å². The van der Waals surface area contributed by atoms with Crippen molar-refractivity contribution in [2.24, 2.45) is 11.3 Å². The lowest BCUT2D eigenvalue weighted by Crippen LogP contribution is -2.33. The van der Waals surface area contributed by atoms with Gasteiger partial charge >= 0.3 is 12.1 Å². The third-order valence-electron chi connectivity index (χ3n) is 4.57. The van der Waals surface area contributed by atoms with Gasteiger partial charge in [0, 0.05) is 31.1 Å². The van der Waals surface area contributed by atoms with E-state index >= 15 is 0 Å². The summed E-state index contributed by atoms with van der Waals surface area (Å²) >= 11 is 5.67. The molecule has 1 aliphatic carbocycles. The van der Waals surface area contributed by atoms with Gasteiger partial charge in [-0.05, 0) is 24.5 Å². The minimum Gasteiger partial charge on any atom is -0.475 e. The Bertz CT molecular complexity index is 844. The number of aromatic nitrogens is 1. The molecule has 0 unspecified atom stereocenters. The summed E-state index contributed by atoms with van der Waals surface area (Å²) < 4.78 is 58.1. The minimum absolute atomic E-state index is 0.127. The fourth-order valence-corrected chi connectivity index (χ4v) is 4.68. The van der Waals surface area contributed by atoms with E-state index in [0.717, 1.165) is 6.42 Å². The van der Waals surface area contributed by atoms with Crippen LogP contribution in [-0.4, -0.2) is 53.8 Å². The number of halogens is 4. The highest BCUT2D eigenvalue weighted by Gasteiger charge is 2.65. The van der Waals surface area contributed by atoms with Crippen LogP contribution >= 0.6 is 11.6 Å². The molecule has 0 spiro atoms. The number of sulfonamides is 1. The molecule has 27 heavy (non-hydrogen) atoms. The van der Waals surface area contributed by atoms with Gasteiger partial charge in [-0.2, -0.15) is 17.5 Å². The maximum absolute atomic E-state index is 12.5. The Hall–Kier alpha value is -1.72. The number of pyridine rings is 1. The average Bonchev–Trinajstić information content (AvgIpc) is 3.15. The molecule has 0 amide bonds. The van der Waals surface area contributed by atoms with Gasteiger partial charge in [0.15, 0.2) is 0 Å². The van der Waals surface area contributed by atoms with Crippen LogP contribution < -0.4 is 0 Å². The molecule has 0 bridgehead atoms. The average molecular weight is 429 g/mol. The van der Waals surface area contributed by atoms with Crippen molar-refractivity contribution in [3.8, 4) is 0 Å². The zero-order valence-electron chi connectivity index (χ0n) is 14.0. The van der Waals surface area contributed by atoms with E-state index in [4.69, 9.17) is 21.5 Å². The van der Waals surface area contributed by atoms with Gasteiger partial charge in [0.05, 0.1) is 0 Å². The van der Waals surface area contributed by atoms with Crippen molar-refractivity contribution in [3.63, 3.8) is 0 Å². The second-order valence-corrected chi connectivity index (χ2v) is 8.58. The highest BCUT2D eigenvalue weighted by molar-refractivity contribution is 7.89. The first-order valence-corrected chi connectivity index (χ1v) is 9.61. The van der Waals surface area contributed by atoms with E-state index in [9.17, 15) is 26.4 Å². The summed E-state index contributed by atoms with van der Waals surface area (Å²) in [4.78, 5) is 24.8. The zero-order chi connectivity index (χ0) is 20.6. The summed E-state index contributed by atoms with van der Waals surface area (Å²) in [6.45, 7) is 2.55. The summed E-state index contributed by atoms with van der Waals surface area (Å²) in [5, 5.41) is 7.38. The number of ketones is 1. The van der Waals surface area contributed by atoms with Crippen LogP contribution in [0.2, 0.25) is 5.15 Å². The lowest BCUT2D eigenvalue weighted by atomic mass is 9.98. The molecule has 1 aliphatic heterocycles. The molecular formula is C15H16ClF3N2O5S. The van der Waals surface area contributed by atoms with Crippen LogP contribution in [0.4, 0.5) is 13.2 Å². The molecular weight excluding hydrogens is 413 g/mol. The molecule has 0 aromatic carbocycles. The number of carbonyl (C=O) groups excluding carboxylic acids is 1. The Kier molecular flexibility index (Phi) is 5.88. The fourth-order valence-electron chi connectivity index (χ4n) is 3.07. The monoisotopic (exact) mass is 428 g/mol. The van der Waals surface area contributed by atoms with Crippen LogP contribution in [0.25, 0.3) is 0 Å². The van der Waals surface area contributed by atoms with E-state index in [1.54, 1.807) is 0 Å². The lowest BCUT2D eigenvalue weighted by molar-refractivity contribution is -0.192. The van der Waals surface area contributed by atoms with Crippen LogP contribution in [0.3, 0.4) is 0 Å². The fraction of sp³-hybridized carbons (Fsp3) is 0.533. The highest BCUT2D eigenvalue weighted by Crippen LogP contribution is 2.59. The van der Waals surface area contributed by atoms with E-state index in [0.29, 0.717) is 19.5 Å². The first-order chi connectivity index (χ1) is 12.3. The van der Waals surface area contributed by atoms with E-state index in [1.807, 2.05) is 6.92 Å². The molecule has 12 heteroatoms. The highest BCUT2D eigenvalue weighted by atomic mass is 35.5. The number of rotatable bonds is 4. The zero-order valence-corrected chi connectivity index (χ0v) is 15.6. The van der Waals surface area contributed by atoms with Crippen molar-refractivity contribution < 1.29 is 36.3 Å². The molecule has 1 N–H and O–H groups in total. The SMILES string of the molecule is CCC(=O)[C@@]12C[C@@H]1CN(S(=O)(=O)c1ccc(Cl)nc1)C2.O=C(O)C(F)(F)F. The van der Waals surface area contributed by atoms with Crippen LogP contribution in [0.1, 0.15) is 19.8 Å². The smallest absolute Gasteiger partial charge is 0.475 e. The van der Waals surface area contributed by atoms with E-state index < -0.39 is 27.6 Å². The van der Waals surface area contributed by atoms with Crippen LogP contribution in [0, 0.1) is 11.3 Å². The third kappa shape index (κ3) is 4.41. The molecule has 1 saturated heterocycles. The number of hydrogen-bond donors (Lipinski definition) is 1. The number of aliphatic carboxylic acids is 1. The Labute approximate surface area is 158 Å². The summed E-state index contributed by atoms with van der Waals surface area (Å²) in [6, 6.07) is 2.90. The molecule has 0 radical (unpaired) electrons. The molecule has 1 saturated carbocycles. The number of fused-ring (bicyclic) bond motifs is 1. The quantitative estimate of drug-likeness (QED) is 0.738. The first-order valence-electron chi connectivity index (χ1n) is 7.79. The van der Waals surface area contributed by atoms with Crippen molar-refractivity contribution in [2.45, 2.75) is 30.8 Å². The van der Waals surface area contributed by atoms with Crippen molar-refractivity contribution in [1.82, 2.24) is 9.29 Å². The summed E-state index contributed by atoms with van der Waals surface area (Å²) in [5.74, 6) is -2.40. The maximum atomic E-state index is 12.5. The van der Waals surface area contributed by atoms with Crippen molar-refractivity contribution in [1.29, 1.82) is 0 Å². The molecule has 2 aliphatic rings. The Morgan fingerprint density at radius 1 is 1.41 bits per heavy atom. The van der Waals surface area contributed by atoms with Crippen LogP contribution in [0.15, 0.2) is 23.2 Å². The number of alkyl halides is 3. The topological polar surface area (TPSA) is 105 Å². The van der Waals surface area contributed by atoms with Crippen molar-refractivity contribution in [2.75, 3.05) is 13.1 Å². The summed E-state index contributed by atoms with van der Waals surface area (Å²) in [7, 11) is -3.58. The van der Waals surface area contributed by atoms with Crippen molar-refractivity contribution >= 4 is 33.4 Å². The number of Topliss-reactive ketones (excluding diaryl/α,β-unsaturated/α-hetero) is 1. The lowest BCUT2D eigenvalue weighted by Gasteiger charge is -2.19. The molecule has 3 rings (SSSR count). The van der Waals surface area contributed by atoms with Crippen LogP contribution in [-0.2, 0) is 19.6 Å². The van der Waals surface area contributed by atoms with Gasteiger partial charge in [-0.1, -0.05) is 18.5 Å². The predicted octanol–water partition coefficient (Wildman–Crippen LogP) is 2.36. The minimum atomic E-state index is -5.08. The predicted molar refractivity (Wildman–Crippen MR) is 87.5 cm³/mol. The standard InChI is InChI=1S/C13H15ClN2O3S.C2HF3O2/c1-2-11(17)13-5-9(13)7-16(8-13)20(18,19)10-3-4-12(14)15-6-10;3-2(4,5)1(6)7/h3-4,6,9H,2,5,7-8H2,1H3;(H,6,7)/t9-,13-;/m1./s1. The van der Waals surface area contributed by atoms with E-state index in [-0.39, 0.29) is 21.7 Å². The number of carboxylic acids is 1. The second kappa shape index (κ2) is 7.36. The Balaban J connectivity index is 0.000000321. The number of carboxylic acid groups (broad SMARTS) is 1. The molecule has 150 valence electrons. The maximum Gasteiger partial charge on any atom is 0.490 e. The van der Waals surface area contributed by atoms with Gasteiger partial charge in [0.1, 0.15) is 15.8 Å². The molecule has 1 aromatic rings. The summed E-state index contributed by atoms with van der Waals surface area (Å²) in [5.41, 5.74) is -0.415. The molecule has 2 fully saturated rings. The van der Waals surface area contributed by atoms with Crippen LogP contribution in [0.5, 0.6) is 0 Å². The van der Waals surface area contributed by atoms with E-state index in [1.165, 1.54) is 22.6 Å². The van der Waals surface area contributed by atoms with Gasteiger partial charge in [0.2, 0.25) is 10.0 Å². The number of hydrogen-bond acceptors (Lipinski definition) is 5. The largest absolute Gasteiger partial charge is 0.490 e. The number of nitrogens with zero attached hydrogens (tertiary/aromatic N) is 2. The van der Waals surface area contributed by atoms with E-state index in [2.05, 4.69) is 4.98 Å². The number of piperidine rings is 1. The third-order valence-corrected chi connectivity index (χ3v) is 6.59. The van der Waals surface area contributed by atoms with Gasteiger partial charge in [-0.3, -0.25) is 4.79 Å². The van der Waals surface area contributed by atoms with Crippen molar-refractivity contribution in [3.05, 3.63) is 23.5 Å². The normalized spacial score (nSPS) is 24.6. The molecule has 1 aromatic heterocycles. The van der Waals surface area contributed by atoms with Gasteiger partial charge in [0.25, 0.3) is 0 Å². The molecule has 7 nitrogen and oxygen atoms in total. The molecule has 2 heterocycles. The Morgan fingerprint density at radius 2 is 2.00 bits per heavy atom. The Morgan fingerprint density at radius 3 is 2.44 bits per heavy atom. The number of carbonyl (C=O) groups is 2. The first kappa shape index (κ1) is 21.6. The summed E-state index contributed by atoms with van der Waals surface area (Å²) in [6.07, 6.45) is -2.53. The van der Waals surface area contributed by atoms with Gasteiger partial charge < -0.3 is 5.11 Å².